The smallest absolute Gasteiger partial charge is 0.226 e. The Bertz CT molecular complexity index is 1160. The van der Waals surface area contributed by atoms with E-state index in [4.69, 9.17) is 9.47 Å². The molecule has 38 heavy (non-hydrogen) atoms. The second-order valence-electron chi connectivity index (χ2n) is 10.1. The summed E-state index contributed by atoms with van der Waals surface area (Å²) in [5.41, 5.74) is 3.50. The largest absolute Gasteiger partial charge is 0.496 e. The molecule has 0 aromatic heterocycles. The molecule has 0 unspecified atom stereocenters. The molecule has 1 aliphatic rings. The van der Waals surface area contributed by atoms with Gasteiger partial charge in [0, 0.05) is 38.4 Å². The van der Waals surface area contributed by atoms with E-state index in [1.54, 1.807) is 13.2 Å². The van der Waals surface area contributed by atoms with Gasteiger partial charge in [0.15, 0.2) is 0 Å². The number of methoxy groups -OCH3 is 1. The lowest BCUT2D eigenvalue weighted by Gasteiger charge is -2.36. The molecular formula is C32H39FN2O3. The van der Waals surface area contributed by atoms with Crippen LogP contribution in [0.3, 0.4) is 0 Å². The second kappa shape index (κ2) is 13.5. The molecule has 1 N–H and O–H groups in total. The summed E-state index contributed by atoms with van der Waals surface area (Å²) in [5.74, 6) is 0.442. The summed E-state index contributed by atoms with van der Waals surface area (Å²) in [6.07, 6.45) is 2.96. The average Bonchev–Trinajstić information content (AvgIpc) is 2.96. The fraction of sp³-hybridized carbons (Fsp3) is 0.406. The summed E-state index contributed by atoms with van der Waals surface area (Å²) in [7, 11) is 1.59. The van der Waals surface area contributed by atoms with Crippen LogP contribution in [0.1, 0.15) is 37.3 Å². The fourth-order valence-electron chi connectivity index (χ4n) is 5.23. The van der Waals surface area contributed by atoms with Crippen LogP contribution in [-0.4, -0.2) is 50.8 Å². The van der Waals surface area contributed by atoms with Crippen molar-refractivity contribution in [2.75, 3.05) is 40.0 Å². The maximum absolute atomic E-state index is 13.9. The van der Waals surface area contributed by atoms with Gasteiger partial charge in [0.25, 0.3) is 0 Å². The molecule has 3 aromatic carbocycles. The monoisotopic (exact) mass is 518 g/mol. The maximum atomic E-state index is 13.9. The van der Waals surface area contributed by atoms with E-state index in [9.17, 15) is 9.18 Å². The predicted molar refractivity (Wildman–Crippen MR) is 150 cm³/mol. The highest BCUT2D eigenvalue weighted by atomic mass is 19.1. The molecule has 0 atom stereocenters. The summed E-state index contributed by atoms with van der Waals surface area (Å²) >= 11 is 0. The molecule has 1 fully saturated rings. The number of halogens is 1. The van der Waals surface area contributed by atoms with Crippen molar-refractivity contribution in [3.05, 3.63) is 89.7 Å². The predicted octanol–water partition coefficient (Wildman–Crippen LogP) is 5.87. The molecule has 1 amide bonds. The topological polar surface area (TPSA) is 50.8 Å². The lowest BCUT2D eigenvalue weighted by atomic mass is 9.74. The molecule has 202 valence electrons. The van der Waals surface area contributed by atoms with Gasteiger partial charge in [-0.2, -0.15) is 0 Å². The summed E-state index contributed by atoms with van der Waals surface area (Å²) in [5, 5.41) is 3.24. The van der Waals surface area contributed by atoms with Gasteiger partial charge in [0.2, 0.25) is 5.91 Å². The number of nitrogens with zero attached hydrogens (tertiary/aromatic N) is 1. The van der Waals surface area contributed by atoms with Crippen LogP contribution in [0.5, 0.6) is 5.75 Å². The van der Waals surface area contributed by atoms with Gasteiger partial charge >= 0.3 is 0 Å². The van der Waals surface area contributed by atoms with Crippen LogP contribution in [0.15, 0.2) is 72.8 Å². The molecule has 0 bridgehead atoms. The van der Waals surface area contributed by atoms with Crippen molar-refractivity contribution < 1.29 is 18.7 Å². The number of rotatable bonds is 12. The van der Waals surface area contributed by atoms with Crippen molar-refractivity contribution in [1.29, 1.82) is 0 Å². The van der Waals surface area contributed by atoms with Crippen LogP contribution in [0.4, 0.5) is 4.39 Å². The molecule has 0 spiro atoms. The van der Waals surface area contributed by atoms with Crippen LogP contribution in [0, 0.1) is 11.2 Å². The van der Waals surface area contributed by atoms with Crippen molar-refractivity contribution in [1.82, 2.24) is 10.2 Å². The van der Waals surface area contributed by atoms with Crippen molar-refractivity contribution in [3.63, 3.8) is 0 Å². The van der Waals surface area contributed by atoms with Gasteiger partial charge in [0.1, 0.15) is 11.6 Å². The Hall–Kier alpha value is -3.22. The lowest BCUT2D eigenvalue weighted by Crippen LogP contribution is -2.46. The zero-order chi connectivity index (χ0) is 26.8. The highest BCUT2D eigenvalue weighted by Crippen LogP contribution is 2.36. The highest BCUT2D eigenvalue weighted by Gasteiger charge is 2.39. The van der Waals surface area contributed by atoms with Gasteiger partial charge in [-0.1, -0.05) is 61.5 Å². The number of nitrogens with one attached hydrogen (secondary N) is 1. The van der Waals surface area contributed by atoms with Gasteiger partial charge < -0.3 is 14.8 Å². The van der Waals surface area contributed by atoms with Crippen molar-refractivity contribution >= 4 is 5.91 Å². The molecule has 1 saturated heterocycles. The molecule has 1 heterocycles. The Labute approximate surface area is 226 Å². The maximum Gasteiger partial charge on any atom is 0.226 e. The number of hydrogen-bond donors (Lipinski definition) is 1. The summed E-state index contributed by atoms with van der Waals surface area (Å²) in [4.78, 5) is 15.9. The van der Waals surface area contributed by atoms with Crippen LogP contribution < -0.4 is 10.1 Å². The van der Waals surface area contributed by atoms with Crippen molar-refractivity contribution in [3.8, 4) is 16.9 Å². The van der Waals surface area contributed by atoms with Gasteiger partial charge in [0.05, 0.1) is 12.5 Å². The third-order valence-corrected chi connectivity index (χ3v) is 7.53. The molecule has 3 aromatic rings. The van der Waals surface area contributed by atoms with Gasteiger partial charge in [-0.25, -0.2) is 4.39 Å². The molecule has 5 nitrogen and oxygen atoms in total. The molecule has 6 heteroatoms. The zero-order valence-corrected chi connectivity index (χ0v) is 22.5. The first-order chi connectivity index (χ1) is 18.5. The Kier molecular flexibility index (Phi) is 9.91. The Morgan fingerprint density at radius 2 is 1.76 bits per heavy atom. The molecule has 0 saturated carbocycles. The number of ether oxygens (including phenoxy) is 2. The number of carbonyl (C=O) groups is 1. The van der Waals surface area contributed by atoms with Crippen molar-refractivity contribution in [2.45, 2.75) is 39.2 Å². The summed E-state index contributed by atoms with van der Waals surface area (Å²) < 4.78 is 24.9. The van der Waals surface area contributed by atoms with Crippen LogP contribution in [0.2, 0.25) is 0 Å². The minimum atomic E-state index is -0.481. The van der Waals surface area contributed by atoms with Gasteiger partial charge in [-0.3, -0.25) is 9.69 Å². The van der Waals surface area contributed by atoms with Crippen molar-refractivity contribution in [2.24, 2.45) is 5.41 Å². The Morgan fingerprint density at radius 1 is 1.03 bits per heavy atom. The average molecular weight is 519 g/mol. The second-order valence-corrected chi connectivity index (χ2v) is 10.1. The fourth-order valence-corrected chi connectivity index (χ4v) is 5.23. The first kappa shape index (κ1) is 27.8. The first-order valence-electron chi connectivity index (χ1n) is 13.6. The van der Waals surface area contributed by atoms with E-state index in [1.807, 2.05) is 30.3 Å². The van der Waals surface area contributed by atoms with Gasteiger partial charge in [-0.05, 0) is 67.1 Å². The third-order valence-electron chi connectivity index (χ3n) is 7.53. The Morgan fingerprint density at radius 3 is 2.45 bits per heavy atom. The van der Waals surface area contributed by atoms with E-state index in [-0.39, 0.29) is 11.7 Å². The molecular weight excluding hydrogens is 479 g/mol. The normalized spacial score (nSPS) is 14.8. The van der Waals surface area contributed by atoms with Crippen LogP contribution in [0.25, 0.3) is 11.1 Å². The van der Waals surface area contributed by atoms with E-state index in [1.165, 1.54) is 17.7 Å². The molecule has 0 radical (unpaired) electrons. The summed E-state index contributed by atoms with van der Waals surface area (Å²) in [6, 6.07) is 23.0. The van der Waals surface area contributed by atoms with Crippen LogP contribution in [-0.2, 0) is 22.5 Å². The Balaban J connectivity index is 1.36. The standard InChI is InChI=1S/C32H39FN2O3/c1-3-35(24-26-8-5-4-6-9-26)19-7-18-34-31(36)32(16-20-38-21-17-32)23-25-10-12-27(13-11-25)29-22-28(33)14-15-30(29)37-2/h4-6,8-15,22H,3,7,16-21,23-24H2,1-2H3,(H,34,36). The van der Waals surface area contributed by atoms with E-state index < -0.39 is 5.41 Å². The minimum Gasteiger partial charge on any atom is -0.496 e. The number of carbonyl (C=O) groups excluding carboxylic acids is 1. The number of benzene rings is 3. The van der Waals surface area contributed by atoms with E-state index >= 15 is 0 Å². The minimum absolute atomic E-state index is 0.114. The lowest BCUT2D eigenvalue weighted by molar-refractivity contribution is -0.136. The third kappa shape index (κ3) is 7.21. The zero-order valence-electron chi connectivity index (χ0n) is 22.5. The van der Waals surface area contributed by atoms with E-state index in [0.717, 1.165) is 37.2 Å². The molecule has 4 rings (SSSR count). The van der Waals surface area contributed by atoms with Gasteiger partial charge in [-0.15, -0.1) is 0 Å². The first-order valence-corrected chi connectivity index (χ1v) is 13.6. The highest BCUT2D eigenvalue weighted by molar-refractivity contribution is 5.83. The van der Waals surface area contributed by atoms with Crippen LogP contribution >= 0.6 is 0 Å². The SMILES string of the molecule is CCN(CCCNC(=O)C1(Cc2ccc(-c3cc(F)ccc3OC)cc2)CCOCC1)Cc1ccccc1. The van der Waals surface area contributed by atoms with E-state index in [2.05, 4.69) is 41.4 Å². The number of amides is 1. The summed E-state index contributed by atoms with van der Waals surface area (Å²) in [6.45, 7) is 6.84. The molecule has 1 aliphatic heterocycles. The number of hydrogen-bond acceptors (Lipinski definition) is 4. The quantitative estimate of drug-likeness (QED) is 0.305. The molecule has 0 aliphatic carbocycles. The van der Waals surface area contributed by atoms with E-state index in [0.29, 0.717) is 50.3 Å².